The van der Waals surface area contributed by atoms with Gasteiger partial charge in [0.2, 0.25) is 11.9 Å². The largest absolute Gasteiger partial charge is 0.461 e. The second-order valence-corrected chi connectivity index (χ2v) is 4.54. The van der Waals surface area contributed by atoms with Crippen LogP contribution in [0.4, 0.5) is 11.9 Å². The molecule has 0 saturated heterocycles. The van der Waals surface area contributed by atoms with Gasteiger partial charge in [-0.15, -0.1) is 0 Å². The fraction of sp³-hybridized carbons (Fsp3) is 0.700. The fourth-order valence-corrected chi connectivity index (χ4v) is 1.64. The number of hydrazine groups is 1. The average molecular weight is 254 g/mol. The zero-order chi connectivity index (χ0) is 13.1. The summed E-state index contributed by atoms with van der Waals surface area (Å²) in [6.07, 6.45) is 1.12. The molecule has 18 heavy (non-hydrogen) atoms. The van der Waals surface area contributed by atoms with Crippen LogP contribution in [0.15, 0.2) is 0 Å². The van der Waals surface area contributed by atoms with Crippen LogP contribution in [-0.2, 0) is 0 Å². The number of nitrogens with two attached hydrogens (primary N) is 1. The Hall–Kier alpha value is -1.67. The van der Waals surface area contributed by atoms with Gasteiger partial charge in [-0.25, -0.2) is 5.84 Å². The highest BCUT2D eigenvalue weighted by atomic mass is 16.5. The van der Waals surface area contributed by atoms with Crippen molar-refractivity contribution in [1.82, 2.24) is 15.0 Å². The van der Waals surface area contributed by atoms with Gasteiger partial charge in [-0.2, -0.15) is 15.0 Å². The summed E-state index contributed by atoms with van der Waals surface area (Å²) in [5, 5.41) is 12.3. The normalized spacial score (nSPS) is 22.5. The summed E-state index contributed by atoms with van der Waals surface area (Å²) in [6.45, 7) is 3.77. The Morgan fingerprint density at radius 1 is 1.28 bits per heavy atom. The minimum absolute atomic E-state index is 0.0311. The van der Waals surface area contributed by atoms with Crippen molar-refractivity contribution in [3.05, 3.63) is 0 Å². The molecule has 0 amide bonds. The number of hydrogen-bond acceptors (Lipinski definition) is 8. The summed E-state index contributed by atoms with van der Waals surface area (Å²) in [5.74, 6) is 5.92. The van der Waals surface area contributed by atoms with Crippen molar-refractivity contribution >= 4 is 11.9 Å². The summed E-state index contributed by atoms with van der Waals surface area (Å²) in [5.41, 5.74) is 2.37. The van der Waals surface area contributed by atoms with E-state index in [4.69, 9.17) is 10.6 Å². The van der Waals surface area contributed by atoms with Crippen LogP contribution in [0.25, 0.3) is 0 Å². The molecule has 1 aliphatic carbocycles. The van der Waals surface area contributed by atoms with Crippen LogP contribution in [0, 0.1) is 0 Å². The number of aromatic nitrogens is 3. The SMILES string of the molecule is CC(C)Oc1nc(NN)nc(NC2CC(O)C2)n1. The molecule has 1 aliphatic rings. The van der Waals surface area contributed by atoms with Crippen molar-refractivity contribution in [3.63, 3.8) is 0 Å². The van der Waals surface area contributed by atoms with Gasteiger partial charge in [0.15, 0.2) is 0 Å². The first kappa shape index (κ1) is 12.8. The Kier molecular flexibility index (Phi) is 3.78. The molecule has 5 N–H and O–H groups in total. The lowest BCUT2D eigenvalue weighted by Crippen LogP contribution is -2.39. The molecule has 0 bridgehead atoms. The summed E-state index contributed by atoms with van der Waals surface area (Å²) < 4.78 is 5.40. The first-order valence-electron chi connectivity index (χ1n) is 5.90. The van der Waals surface area contributed by atoms with Crippen LogP contribution >= 0.6 is 0 Å². The highest BCUT2D eigenvalue weighted by Gasteiger charge is 2.27. The molecule has 0 spiro atoms. The first-order chi connectivity index (χ1) is 8.56. The predicted molar refractivity (Wildman–Crippen MR) is 66.1 cm³/mol. The lowest BCUT2D eigenvalue weighted by molar-refractivity contribution is 0.0833. The molecule has 8 nitrogen and oxygen atoms in total. The number of ether oxygens (including phenoxy) is 1. The highest BCUT2D eigenvalue weighted by molar-refractivity contribution is 5.36. The summed E-state index contributed by atoms with van der Waals surface area (Å²) in [4.78, 5) is 12.2. The summed E-state index contributed by atoms with van der Waals surface area (Å²) in [6, 6.07) is 0.398. The molecule has 0 unspecified atom stereocenters. The first-order valence-corrected chi connectivity index (χ1v) is 5.90. The second-order valence-electron chi connectivity index (χ2n) is 4.54. The Morgan fingerprint density at radius 2 is 1.94 bits per heavy atom. The number of hydrogen-bond donors (Lipinski definition) is 4. The molecule has 0 aliphatic heterocycles. The quantitative estimate of drug-likeness (QED) is 0.424. The van der Waals surface area contributed by atoms with Gasteiger partial charge in [0.25, 0.3) is 0 Å². The van der Waals surface area contributed by atoms with E-state index >= 15 is 0 Å². The monoisotopic (exact) mass is 254 g/mol. The van der Waals surface area contributed by atoms with Crippen molar-refractivity contribution in [3.8, 4) is 6.01 Å². The number of rotatable bonds is 5. The van der Waals surface area contributed by atoms with E-state index in [9.17, 15) is 5.11 Å². The van der Waals surface area contributed by atoms with Crippen molar-refractivity contribution in [1.29, 1.82) is 0 Å². The zero-order valence-electron chi connectivity index (χ0n) is 10.4. The third-order valence-electron chi connectivity index (χ3n) is 2.53. The summed E-state index contributed by atoms with van der Waals surface area (Å²) in [7, 11) is 0. The Labute approximate surface area is 105 Å². The van der Waals surface area contributed by atoms with Crippen molar-refractivity contribution in [2.45, 2.75) is 44.9 Å². The molecule has 0 aromatic carbocycles. The predicted octanol–water partition coefficient (Wildman–Crippen LogP) is -0.120. The molecular formula is C10H18N6O2. The summed E-state index contributed by atoms with van der Waals surface area (Å²) >= 11 is 0. The number of nitrogen functional groups attached to an aromatic ring is 1. The number of nitrogens with one attached hydrogen (secondary N) is 2. The van der Waals surface area contributed by atoms with Crippen LogP contribution in [-0.4, -0.2) is 38.3 Å². The number of nitrogens with zero attached hydrogens (tertiary/aromatic N) is 3. The van der Waals surface area contributed by atoms with E-state index in [1.165, 1.54) is 0 Å². The zero-order valence-corrected chi connectivity index (χ0v) is 10.4. The van der Waals surface area contributed by atoms with E-state index in [-0.39, 0.29) is 30.2 Å². The topological polar surface area (TPSA) is 118 Å². The van der Waals surface area contributed by atoms with Gasteiger partial charge >= 0.3 is 6.01 Å². The molecule has 0 radical (unpaired) electrons. The maximum atomic E-state index is 9.22. The average Bonchev–Trinajstić information content (AvgIpc) is 2.25. The maximum absolute atomic E-state index is 9.22. The molecule has 0 atom stereocenters. The molecule has 1 aromatic rings. The van der Waals surface area contributed by atoms with Gasteiger partial charge in [0, 0.05) is 6.04 Å². The molecule has 1 saturated carbocycles. The van der Waals surface area contributed by atoms with E-state index in [0.29, 0.717) is 18.8 Å². The van der Waals surface area contributed by atoms with E-state index in [0.717, 1.165) is 0 Å². The number of aliphatic hydroxyl groups is 1. The van der Waals surface area contributed by atoms with Crippen LogP contribution in [0.1, 0.15) is 26.7 Å². The van der Waals surface area contributed by atoms with Crippen molar-refractivity contribution < 1.29 is 9.84 Å². The van der Waals surface area contributed by atoms with Gasteiger partial charge in [0.1, 0.15) is 0 Å². The molecule has 8 heteroatoms. The molecule has 1 heterocycles. The molecule has 1 fully saturated rings. The minimum atomic E-state index is -0.233. The lowest BCUT2D eigenvalue weighted by atomic mass is 9.90. The van der Waals surface area contributed by atoms with Gasteiger partial charge < -0.3 is 15.2 Å². The Morgan fingerprint density at radius 3 is 2.50 bits per heavy atom. The molecule has 100 valence electrons. The number of anilines is 2. The van der Waals surface area contributed by atoms with E-state index in [1.54, 1.807) is 0 Å². The van der Waals surface area contributed by atoms with E-state index < -0.39 is 0 Å². The Bertz CT molecular complexity index is 407. The van der Waals surface area contributed by atoms with Gasteiger partial charge in [-0.3, -0.25) is 5.43 Å². The van der Waals surface area contributed by atoms with Crippen molar-refractivity contribution in [2.75, 3.05) is 10.7 Å². The van der Waals surface area contributed by atoms with E-state index in [2.05, 4.69) is 25.7 Å². The lowest BCUT2D eigenvalue weighted by Gasteiger charge is -2.31. The second kappa shape index (κ2) is 5.32. The minimum Gasteiger partial charge on any atom is -0.461 e. The fourth-order valence-electron chi connectivity index (χ4n) is 1.64. The third-order valence-corrected chi connectivity index (χ3v) is 2.53. The number of aliphatic hydroxyl groups excluding tert-OH is 1. The van der Waals surface area contributed by atoms with Crippen LogP contribution in [0.5, 0.6) is 6.01 Å². The van der Waals surface area contributed by atoms with Crippen LogP contribution in [0.3, 0.4) is 0 Å². The molecule has 2 rings (SSSR count). The maximum Gasteiger partial charge on any atom is 0.323 e. The standard InChI is InChI=1S/C10H18N6O2/c1-5(2)18-10-14-8(13-9(15-10)16-11)12-6-3-7(17)4-6/h5-7,17H,3-4,11H2,1-2H3,(H2,12,13,14,15,16). The van der Waals surface area contributed by atoms with Gasteiger partial charge in [-0.1, -0.05) is 0 Å². The van der Waals surface area contributed by atoms with Gasteiger partial charge in [-0.05, 0) is 26.7 Å². The smallest absolute Gasteiger partial charge is 0.323 e. The molecular weight excluding hydrogens is 236 g/mol. The highest BCUT2D eigenvalue weighted by Crippen LogP contribution is 2.23. The molecule has 1 aromatic heterocycles. The Balaban J connectivity index is 2.08. The van der Waals surface area contributed by atoms with Crippen LogP contribution < -0.4 is 21.3 Å². The van der Waals surface area contributed by atoms with E-state index in [1.807, 2.05) is 13.8 Å². The third kappa shape index (κ3) is 3.17. The van der Waals surface area contributed by atoms with Gasteiger partial charge in [0.05, 0.1) is 12.2 Å². The van der Waals surface area contributed by atoms with Crippen molar-refractivity contribution in [2.24, 2.45) is 5.84 Å². The van der Waals surface area contributed by atoms with Crippen LogP contribution in [0.2, 0.25) is 0 Å².